The van der Waals surface area contributed by atoms with Gasteiger partial charge >= 0.3 is 0 Å². The van der Waals surface area contributed by atoms with Crippen molar-refractivity contribution in [2.45, 2.75) is 56.9 Å². The van der Waals surface area contributed by atoms with Gasteiger partial charge in [0.05, 0.1) is 0 Å². The van der Waals surface area contributed by atoms with Crippen LogP contribution in [0.1, 0.15) is 66.8 Å². The highest BCUT2D eigenvalue weighted by molar-refractivity contribution is 5.94. The van der Waals surface area contributed by atoms with Crippen LogP contribution in [-0.2, 0) is 0 Å². The van der Waals surface area contributed by atoms with Crippen molar-refractivity contribution in [3.05, 3.63) is 35.4 Å². The second-order valence-corrected chi connectivity index (χ2v) is 7.52. The van der Waals surface area contributed by atoms with Gasteiger partial charge < -0.3 is 4.90 Å². The molecule has 2 aliphatic carbocycles. The van der Waals surface area contributed by atoms with Gasteiger partial charge in [0, 0.05) is 37.8 Å². The summed E-state index contributed by atoms with van der Waals surface area (Å²) < 4.78 is 0. The summed E-state index contributed by atoms with van der Waals surface area (Å²) in [5, 5.41) is 0. The predicted octanol–water partition coefficient (Wildman–Crippen LogP) is 3.65. The molecule has 124 valence electrons. The molecule has 0 spiro atoms. The summed E-state index contributed by atoms with van der Waals surface area (Å²) in [5.74, 6) is 0.949. The standard InChI is InChI=1S/C20H28N2O/c23-20(22-13-3-12-21(14-15-22)19-10-11-19)18-8-6-17(7-9-18)16-4-1-2-5-16/h6-9,16,19H,1-5,10-15H2. The molecular formula is C20H28N2O. The number of nitrogens with zero attached hydrogens (tertiary/aromatic N) is 2. The molecule has 0 atom stereocenters. The Labute approximate surface area is 139 Å². The molecule has 3 nitrogen and oxygen atoms in total. The van der Waals surface area contributed by atoms with Gasteiger partial charge in [0.1, 0.15) is 0 Å². The summed E-state index contributed by atoms with van der Waals surface area (Å²) in [6, 6.07) is 9.31. The van der Waals surface area contributed by atoms with E-state index in [0.717, 1.165) is 50.1 Å². The fourth-order valence-corrected chi connectivity index (χ4v) is 4.28. The topological polar surface area (TPSA) is 23.6 Å². The molecule has 1 saturated heterocycles. The minimum atomic E-state index is 0.223. The molecular weight excluding hydrogens is 284 g/mol. The molecule has 3 heteroatoms. The minimum absolute atomic E-state index is 0.223. The molecule has 1 amide bonds. The van der Waals surface area contributed by atoms with Crippen molar-refractivity contribution < 1.29 is 4.79 Å². The van der Waals surface area contributed by atoms with E-state index in [9.17, 15) is 4.79 Å². The van der Waals surface area contributed by atoms with Crippen LogP contribution in [0.25, 0.3) is 0 Å². The lowest BCUT2D eigenvalue weighted by atomic mass is 9.96. The van der Waals surface area contributed by atoms with Gasteiger partial charge in [-0.3, -0.25) is 9.69 Å². The summed E-state index contributed by atoms with van der Waals surface area (Å²) in [5.41, 5.74) is 2.29. The van der Waals surface area contributed by atoms with Crippen molar-refractivity contribution in [2.75, 3.05) is 26.2 Å². The first-order chi connectivity index (χ1) is 11.3. The summed E-state index contributed by atoms with van der Waals surface area (Å²) in [6.07, 6.45) is 9.18. The highest BCUT2D eigenvalue weighted by Gasteiger charge is 2.31. The van der Waals surface area contributed by atoms with Crippen molar-refractivity contribution in [2.24, 2.45) is 0 Å². The van der Waals surface area contributed by atoms with Crippen molar-refractivity contribution >= 4 is 5.91 Å². The van der Waals surface area contributed by atoms with E-state index in [-0.39, 0.29) is 5.91 Å². The summed E-state index contributed by atoms with van der Waals surface area (Å²) in [6.45, 7) is 4.01. The number of amides is 1. The Morgan fingerprint density at radius 1 is 0.826 bits per heavy atom. The minimum Gasteiger partial charge on any atom is -0.337 e. The zero-order valence-corrected chi connectivity index (χ0v) is 14.0. The van der Waals surface area contributed by atoms with Gasteiger partial charge in [0.15, 0.2) is 0 Å². The molecule has 0 unspecified atom stereocenters. The van der Waals surface area contributed by atoms with E-state index >= 15 is 0 Å². The lowest BCUT2D eigenvalue weighted by Gasteiger charge is -2.22. The molecule has 4 rings (SSSR count). The number of carbonyl (C=O) groups is 1. The van der Waals surface area contributed by atoms with Crippen molar-refractivity contribution in [3.63, 3.8) is 0 Å². The van der Waals surface area contributed by atoms with E-state index in [4.69, 9.17) is 0 Å². The Morgan fingerprint density at radius 2 is 1.57 bits per heavy atom. The highest BCUT2D eigenvalue weighted by atomic mass is 16.2. The van der Waals surface area contributed by atoms with Gasteiger partial charge in [-0.25, -0.2) is 0 Å². The smallest absolute Gasteiger partial charge is 0.253 e. The monoisotopic (exact) mass is 312 g/mol. The molecule has 3 fully saturated rings. The third kappa shape index (κ3) is 3.45. The SMILES string of the molecule is O=C(c1ccc(C2CCCC2)cc1)N1CCCN(C2CC2)CC1. The first kappa shape index (κ1) is 15.2. The maximum atomic E-state index is 12.8. The van der Waals surface area contributed by atoms with Gasteiger partial charge in [-0.2, -0.15) is 0 Å². The number of carbonyl (C=O) groups excluding carboxylic acids is 1. The summed E-state index contributed by atoms with van der Waals surface area (Å²) in [7, 11) is 0. The van der Waals surface area contributed by atoms with Crippen molar-refractivity contribution in [3.8, 4) is 0 Å². The first-order valence-corrected chi connectivity index (χ1v) is 9.44. The molecule has 3 aliphatic rings. The molecule has 0 aromatic heterocycles. The van der Waals surface area contributed by atoms with E-state index in [2.05, 4.69) is 34.1 Å². The lowest BCUT2D eigenvalue weighted by molar-refractivity contribution is 0.0761. The summed E-state index contributed by atoms with van der Waals surface area (Å²) in [4.78, 5) is 17.4. The van der Waals surface area contributed by atoms with Crippen LogP contribution >= 0.6 is 0 Å². The van der Waals surface area contributed by atoms with Crippen LogP contribution in [0.5, 0.6) is 0 Å². The lowest BCUT2D eigenvalue weighted by Crippen LogP contribution is -2.35. The van der Waals surface area contributed by atoms with Gasteiger partial charge in [-0.1, -0.05) is 25.0 Å². The fraction of sp³-hybridized carbons (Fsp3) is 0.650. The Kier molecular flexibility index (Phi) is 4.39. The number of benzene rings is 1. The average Bonchev–Trinajstić information content (AvgIpc) is 3.34. The second kappa shape index (κ2) is 6.64. The van der Waals surface area contributed by atoms with Crippen molar-refractivity contribution in [1.82, 2.24) is 9.80 Å². The van der Waals surface area contributed by atoms with Crippen LogP contribution in [0.4, 0.5) is 0 Å². The molecule has 23 heavy (non-hydrogen) atoms. The van der Waals surface area contributed by atoms with Gasteiger partial charge in [-0.15, -0.1) is 0 Å². The largest absolute Gasteiger partial charge is 0.337 e. The number of rotatable bonds is 3. The molecule has 0 radical (unpaired) electrons. The van der Waals surface area contributed by atoms with Gasteiger partial charge in [0.25, 0.3) is 5.91 Å². The molecule has 0 bridgehead atoms. The van der Waals surface area contributed by atoms with Crippen LogP contribution in [0, 0.1) is 0 Å². The number of hydrogen-bond acceptors (Lipinski definition) is 2. The van der Waals surface area contributed by atoms with Crippen LogP contribution < -0.4 is 0 Å². The molecule has 1 aromatic rings. The highest BCUT2D eigenvalue weighted by Crippen LogP contribution is 2.34. The van der Waals surface area contributed by atoms with Crippen LogP contribution in [0.2, 0.25) is 0 Å². The van der Waals surface area contributed by atoms with E-state index in [0.29, 0.717) is 0 Å². The van der Waals surface area contributed by atoms with E-state index < -0.39 is 0 Å². The Bertz CT molecular complexity index is 543. The van der Waals surface area contributed by atoms with Crippen LogP contribution in [-0.4, -0.2) is 47.9 Å². The number of hydrogen-bond donors (Lipinski definition) is 0. The molecule has 0 N–H and O–H groups in total. The predicted molar refractivity (Wildman–Crippen MR) is 92.8 cm³/mol. The average molecular weight is 312 g/mol. The zero-order valence-electron chi connectivity index (χ0n) is 14.0. The second-order valence-electron chi connectivity index (χ2n) is 7.52. The van der Waals surface area contributed by atoms with Crippen LogP contribution in [0.3, 0.4) is 0 Å². The quantitative estimate of drug-likeness (QED) is 0.850. The van der Waals surface area contributed by atoms with E-state index in [1.54, 1.807) is 0 Å². The normalized spacial score (nSPS) is 23.9. The Morgan fingerprint density at radius 3 is 2.26 bits per heavy atom. The molecule has 1 aromatic carbocycles. The molecule has 1 heterocycles. The Hall–Kier alpha value is -1.35. The summed E-state index contributed by atoms with van der Waals surface area (Å²) >= 11 is 0. The molecule has 1 aliphatic heterocycles. The third-order valence-corrected chi connectivity index (χ3v) is 5.87. The first-order valence-electron chi connectivity index (χ1n) is 9.44. The van der Waals surface area contributed by atoms with E-state index in [1.165, 1.54) is 44.1 Å². The molecule has 2 saturated carbocycles. The van der Waals surface area contributed by atoms with Crippen molar-refractivity contribution in [1.29, 1.82) is 0 Å². The fourth-order valence-electron chi connectivity index (χ4n) is 4.28. The maximum Gasteiger partial charge on any atom is 0.253 e. The van der Waals surface area contributed by atoms with E-state index in [1.807, 2.05) is 0 Å². The van der Waals surface area contributed by atoms with Gasteiger partial charge in [0.2, 0.25) is 0 Å². The van der Waals surface area contributed by atoms with Gasteiger partial charge in [-0.05, 0) is 55.7 Å². The zero-order chi connectivity index (χ0) is 15.6. The maximum absolute atomic E-state index is 12.8. The van der Waals surface area contributed by atoms with Crippen LogP contribution in [0.15, 0.2) is 24.3 Å². The Balaban J connectivity index is 1.39. The third-order valence-electron chi connectivity index (χ3n) is 5.87.